The Balaban J connectivity index is 2.14. The third kappa shape index (κ3) is 3.08. The molecule has 1 heterocycles. The molecule has 1 aromatic carbocycles. The lowest BCUT2D eigenvalue weighted by molar-refractivity contribution is -0.143. The van der Waals surface area contributed by atoms with Gasteiger partial charge in [-0.05, 0) is 31.7 Å². The highest BCUT2D eigenvalue weighted by Crippen LogP contribution is 2.28. The fourth-order valence-corrected chi connectivity index (χ4v) is 2.67. The predicted molar refractivity (Wildman–Crippen MR) is 73.4 cm³/mol. The Hall–Kier alpha value is -1.10. The van der Waals surface area contributed by atoms with Gasteiger partial charge >= 0.3 is 5.97 Å². The summed E-state index contributed by atoms with van der Waals surface area (Å²) in [4.78, 5) is 13.3. The molecule has 0 aromatic heterocycles. The summed E-state index contributed by atoms with van der Waals surface area (Å²) in [6, 6.07) is 7.63. The highest BCUT2D eigenvalue weighted by atomic mass is 35.5. The van der Waals surface area contributed by atoms with Crippen molar-refractivity contribution in [2.45, 2.75) is 19.0 Å². The summed E-state index contributed by atoms with van der Waals surface area (Å²) in [5.41, 5.74) is 1.08. The SMILES string of the molecule is CC(c1cccc(Cl)c1)N(C)C1COCC1C(=O)O. The van der Waals surface area contributed by atoms with E-state index < -0.39 is 11.9 Å². The summed E-state index contributed by atoms with van der Waals surface area (Å²) >= 11 is 6.00. The van der Waals surface area contributed by atoms with E-state index in [0.717, 1.165) is 5.56 Å². The number of likely N-dealkylation sites (N-methyl/N-ethyl adjacent to an activating group) is 1. The van der Waals surface area contributed by atoms with E-state index >= 15 is 0 Å². The fraction of sp³-hybridized carbons (Fsp3) is 0.500. The van der Waals surface area contributed by atoms with Crippen LogP contribution in [-0.4, -0.2) is 42.3 Å². The van der Waals surface area contributed by atoms with E-state index in [4.69, 9.17) is 16.3 Å². The first-order valence-corrected chi connectivity index (χ1v) is 6.66. The van der Waals surface area contributed by atoms with Crippen molar-refractivity contribution in [3.8, 4) is 0 Å². The fourth-order valence-electron chi connectivity index (χ4n) is 2.47. The minimum atomic E-state index is -0.798. The van der Waals surface area contributed by atoms with E-state index in [2.05, 4.69) is 4.90 Å². The molecule has 0 bridgehead atoms. The van der Waals surface area contributed by atoms with Crippen LogP contribution in [0.25, 0.3) is 0 Å². The number of halogens is 1. The first-order chi connectivity index (χ1) is 9.00. The van der Waals surface area contributed by atoms with Gasteiger partial charge in [0.15, 0.2) is 0 Å². The van der Waals surface area contributed by atoms with Crippen LogP contribution < -0.4 is 0 Å². The second kappa shape index (κ2) is 5.90. The van der Waals surface area contributed by atoms with Crippen LogP contribution >= 0.6 is 11.6 Å². The Bertz CT molecular complexity index is 466. The van der Waals surface area contributed by atoms with Crippen LogP contribution in [0.5, 0.6) is 0 Å². The lowest BCUT2D eigenvalue weighted by atomic mass is 9.99. The molecule has 1 fully saturated rings. The lowest BCUT2D eigenvalue weighted by Gasteiger charge is -2.32. The van der Waals surface area contributed by atoms with Gasteiger partial charge in [-0.2, -0.15) is 0 Å². The predicted octanol–water partition coefficient (Wildman–Crippen LogP) is 2.43. The Morgan fingerprint density at radius 3 is 2.89 bits per heavy atom. The number of hydrogen-bond donors (Lipinski definition) is 1. The summed E-state index contributed by atoms with van der Waals surface area (Å²) in [6.07, 6.45) is 0. The molecule has 3 atom stereocenters. The molecule has 1 saturated heterocycles. The number of hydrogen-bond acceptors (Lipinski definition) is 3. The summed E-state index contributed by atoms with van der Waals surface area (Å²) in [6.45, 7) is 2.79. The van der Waals surface area contributed by atoms with Gasteiger partial charge in [0.1, 0.15) is 0 Å². The number of aliphatic carboxylic acids is 1. The zero-order valence-electron chi connectivity index (χ0n) is 11.0. The van der Waals surface area contributed by atoms with E-state index in [1.54, 1.807) is 0 Å². The maximum Gasteiger partial charge on any atom is 0.310 e. The van der Waals surface area contributed by atoms with E-state index in [-0.39, 0.29) is 18.7 Å². The maximum absolute atomic E-state index is 11.2. The third-order valence-electron chi connectivity index (χ3n) is 3.83. The molecule has 0 amide bonds. The largest absolute Gasteiger partial charge is 0.481 e. The third-order valence-corrected chi connectivity index (χ3v) is 4.07. The number of carboxylic acid groups (broad SMARTS) is 1. The van der Waals surface area contributed by atoms with Crippen LogP contribution in [0, 0.1) is 5.92 Å². The van der Waals surface area contributed by atoms with Crippen molar-refractivity contribution < 1.29 is 14.6 Å². The molecule has 4 nitrogen and oxygen atoms in total. The summed E-state index contributed by atoms with van der Waals surface area (Å²) < 4.78 is 5.31. The molecule has 1 aliphatic rings. The van der Waals surface area contributed by atoms with Crippen molar-refractivity contribution in [2.24, 2.45) is 5.92 Å². The smallest absolute Gasteiger partial charge is 0.310 e. The molecule has 0 radical (unpaired) electrons. The van der Waals surface area contributed by atoms with Crippen LogP contribution in [0.15, 0.2) is 24.3 Å². The van der Waals surface area contributed by atoms with Crippen molar-refractivity contribution in [3.63, 3.8) is 0 Å². The molecule has 0 spiro atoms. The van der Waals surface area contributed by atoms with Gasteiger partial charge in [-0.25, -0.2) is 0 Å². The summed E-state index contributed by atoms with van der Waals surface area (Å²) in [5, 5.41) is 9.89. The monoisotopic (exact) mass is 283 g/mol. The number of nitrogens with zero attached hydrogens (tertiary/aromatic N) is 1. The van der Waals surface area contributed by atoms with E-state index in [9.17, 15) is 9.90 Å². The molecule has 3 unspecified atom stereocenters. The minimum absolute atomic E-state index is 0.0900. The first kappa shape index (κ1) is 14.3. The maximum atomic E-state index is 11.2. The van der Waals surface area contributed by atoms with Crippen molar-refractivity contribution in [1.29, 1.82) is 0 Å². The molecule has 5 heteroatoms. The van der Waals surface area contributed by atoms with Gasteiger partial charge in [0.05, 0.1) is 19.1 Å². The topological polar surface area (TPSA) is 49.8 Å². The van der Waals surface area contributed by atoms with E-state index in [1.165, 1.54) is 0 Å². The van der Waals surface area contributed by atoms with Crippen LogP contribution in [0.3, 0.4) is 0 Å². The van der Waals surface area contributed by atoms with Crippen LogP contribution in [-0.2, 0) is 9.53 Å². The number of carbonyl (C=O) groups is 1. The number of carboxylic acids is 1. The normalized spacial score (nSPS) is 24.6. The molecule has 0 aliphatic carbocycles. The molecule has 1 aliphatic heterocycles. The van der Waals surface area contributed by atoms with Gasteiger partial charge in [0, 0.05) is 17.1 Å². The van der Waals surface area contributed by atoms with Crippen LogP contribution in [0.2, 0.25) is 5.02 Å². The molecular weight excluding hydrogens is 266 g/mol. The molecule has 0 saturated carbocycles. The zero-order valence-corrected chi connectivity index (χ0v) is 11.8. The zero-order chi connectivity index (χ0) is 14.0. The standard InChI is InChI=1S/C14H18ClNO3/c1-9(10-4-3-5-11(15)6-10)16(2)13-8-19-7-12(13)14(17)18/h3-6,9,12-13H,7-8H2,1-2H3,(H,17,18). The van der Waals surface area contributed by atoms with Crippen LogP contribution in [0.4, 0.5) is 0 Å². The lowest BCUT2D eigenvalue weighted by Crippen LogP contribution is -2.42. The average Bonchev–Trinajstić information content (AvgIpc) is 2.86. The highest BCUT2D eigenvalue weighted by Gasteiger charge is 2.38. The number of rotatable bonds is 4. The Morgan fingerprint density at radius 2 is 2.26 bits per heavy atom. The molecule has 19 heavy (non-hydrogen) atoms. The molecule has 104 valence electrons. The van der Waals surface area contributed by atoms with Crippen molar-refractivity contribution in [2.75, 3.05) is 20.3 Å². The van der Waals surface area contributed by atoms with Gasteiger partial charge < -0.3 is 9.84 Å². The molecular formula is C14H18ClNO3. The van der Waals surface area contributed by atoms with Crippen molar-refractivity contribution in [3.05, 3.63) is 34.9 Å². The van der Waals surface area contributed by atoms with Gasteiger partial charge in [0.2, 0.25) is 0 Å². The second-order valence-corrected chi connectivity index (χ2v) is 5.38. The molecule has 2 rings (SSSR count). The Morgan fingerprint density at radius 1 is 1.53 bits per heavy atom. The van der Waals surface area contributed by atoms with Gasteiger partial charge in [-0.3, -0.25) is 9.69 Å². The number of benzene rings is 1. The Labute approximate surface area is 117 Å². The Kier molecular flexibility index (Phi) is 4.45. The van der Waals surface area contributed by atoms with Crippen molar-refractivity contribution in [1.82, 2.24) is 4.90 Å². The molecule has 1 aromatic rings. The average molecular weight is 284 g/mol. The summed E-state index contributed by atoms with van der Waals surface area (Å²) in [5.74, 6) is -1.26. The first-order valence-electron chi connectivity index (χ1n) is 6.28. The molecule has 1 N–H and O–H groups in total. The quantitative estimate of drug-likeness (QED) is 0.922. The minimum Gasteiger partial charge on any atom is -0.481 e. The summed E-state index contributed by atoms with van der Waals surface area (Å²) in [7, 11) is 1.93. The van der Waals surface area contributed by atoms with E-state index in [0.29, 0.717) is 11.6 Å². The van der Waals surface area contributed by atoms with Gasteiger partial charge in [0.25, 0.3) is 0 Å². The van der Waals surface area contributed by atoms with E-state index in [1.807, 2.05) is 38.2 Å². The van der Waals surface area contributed by atoms with Crippen LogP contribution in [0.1, 0.15) is 18.5 Å². The second-order valence-electron chi connectivity index (χ2n) is 4.95. The van der Waals surface area contributed by atoms with Gasteiger partial charge in [-0.15, -0.1) is 0 Å². The highest BCUT2D eigenvalue weighted by molar-refractivity contribution is 6.30. The van der Waals surface area contributed by atoms with Crippen molar-refractivity contribution >= 4 is 17.6 Å². The number of ether oxygens (including phenoxy) is 1. The van der Waals surface area contributed by atoms with Gasteiger partial charge in [-0.1, -0.05) is 23.7 Å².